The van der Waals surface area contributed by atoms with E-state index in [0.717, 1.165) is 0 Å². The molecule has 1 heterocycles. The minimum atomic E-state index is -4.13. The van der Waals surface area contributed by atoms with E-state index >= 15 is 0 Å². The average Bonchev–Trinajstić information content (AvgIpc) is 2.93. The first-order chi connectivity index (χ1) is 12.2. The lowest BCUT2D eigenvalue weighted by atomic mass is 9.87. The lowest BCUT2D eigenvalue weighted by Crippen LogP contribution is -2.30. The molecule has 1 aromatic carbocycles. The molecule has 0 spiro atoms. The van der Waals surface area contributed by atoms with Crippen molar-refractivity contribution in [1.29, 1.82) is 0 Å². The van der Waals surface area contributed by atoms with Crippen molar-refractivity contribution in [2.45, 2.75) is 44.6 Å². The number of fused-ring (bicyclic) bond motifs is 1. The smallest absolute Gasteiger partial charge is 0.373 e. The summed E-state index contributed by atoms with van der Waals surface area (Å²) in [6.07, 6.45) is -1.93. The van der Waals surface area contributed by atoms with Gasteiger partial charge in [-0.3, -0.25) is 4.72 Å². The summed E-state index contributed by atoms with van der Waals surface area (Å²) in [5, 5.41) is 4.84. The van der Waals surface area contributed by atoms with E-state index in [9.17, 15) is 17.4 Å². The topological polar surface area (TPSA) is 64.4 Å². The van der Waals surface area contributed by atoms with Crippen molar-refractivity contribution < 1.29 is 26.6 Å². The molecule has 3 rings (SSSR count). The molecule has 5 nitrogen and oxygen atoms in total. The lowest BCUT2D eigenvalue weighted by molar-refractivity contribution is -0.188. The Bertz CT molecular complexity index is 804. The maximum atomic E-state index is 12.7. The van der Waals surface area contributed by atoms with Gasteiger partial charge in [0.15, 0.2) is 11.4 Å². The van der Waals surface area contributed by atoms with Gasteiger partial charge in [-0.15, -0.1) is 0 Å². The fourth-order valence-corrected chi connectivity index (χ4v) is 3.72. The second kappa shape index (κ2) is 7.74. The molecule has 1 fully saturated rings. The van der Waals surface area contributed by atoms with Crippen LogP contribution in [0.2, 0.25) is 5.02 Å². The lowest BCUT2D eigenvalue weighted by Gasteiger charge is -2.29. The highest BCUT2D eigenvalue weighted by Gasteiger charge is 2.41. The van der Waals surface area contributed by atoms with Crippen LogP contribution in [0.4, 0.5) is 19.0 Å². The number of nitrogens with one attached hydrogen (secondary N) is 1. The maximum absolute atomic E-state index is 12.7. The molecule has 10 heteroatoms. The third kappa shape index (κ3) is 4.50. The van der Waals surface area contributed by atoms with Gasteiger partial charge >= 0.3 is 6.18 Å². The summed E-state index contributed by atoms with van der Waals surface area (Å²) in [6.45, 7) is 0.180. The maximum Gasteiger partial charge on any atom is 0.391 e. The molecule has 0 amide bonds. The summed E-state index contributed by atoms with van der Waals surface area (Å²) in [7, 11) is -1.30. The van der Waals surface area contributed by atoms with Crippen molar-refractivity contribution >= 4 is 39.4 Å². The SMILES string of the molecule is CS(=O)Nc1noc2cc(COC3CCC(C(F)(F)F)CC3)c(Cl)cc12. The summed E-state index contributed by atoms with van der Waals surface area (Å²) >= 11 is 6.27. The zero-order chi connectivity index (χ0) is 18.9. The van der Waals surface area contributed by atoms with E-state index in [1.807, 2.05) is 0 Å². The predicted molar refractivity (Wildman–Crippen MR) is 93.3 cm³/mol. The van der Waals surface area contributed by atoms with Crippen LogP contribution >= 0.6 is 11.6 Å². The predicted octanol–water partition coefficient (Wildman–Crippen LogP) is 4.82. The van der Waals surface area contributed by atoms with Gasteiger partial charge in [-0.25, -0.2) is 4.21 Å². The van der Waals surface area contributed by atoms with Crippen LogP contribution in [-0.2, 0) is 22.3 Å². The van der Waals surface area contributed by atoms with Gasteiger partial charge in [-0.05, 0) is 37.8 Å². The third-order valence-corrected chi connectivity index (χ3v) is 5.32. The van der Waals surface area contributed by atoms with E-state index in [4.69, 9.17) is 20.9 Å². The molecule has 1 aliphatic carbocycles. The van der Waals surface area contributed by atoms with Crippen LogP contribution in [0.15, 0.2) is 16.7 Å². The minimum absolute atomic E-state index is 0.0895. The Labute approximate surface area is 155 Å². The Kier molecular flexibility index (Phi) is 5.78. The van der Waals surface area contributed by atoms with Crippen molar-refractivity contribution in [2.24, 2.45) is 5.92 Å². The molecule has 1 N–H and O–H groups in total. The molecule has 1 atom stereocenters. The van der Waals surface area contributed by atoms with Crippen LogP contribution in [0, 0.1) is 5.92 Å². The first kappa shape index (κ1) is 19.4. The number of ether oxygens (including phenoxy) is 1. The number of nitrogens with zero attached hydrogens (tertiary/aromatic N) is 1. The second-order valence-corrected chi connectivity index (χ2v) is 7.87. The Morgan fingerprint density at radius 3 is 2.65 bits per heavy atom. The molecule has 0 saturated heterocycles. The van der Waals surface area contributed by atoms with E-state index < -0.39 is 23.1 Å². The average molecular weight is 411 g/mol. The van der Waals surface area contributed by atoms with E-state index in [1.54, 1.807) is 12.1 Å². The van der Waals surface area contributed by atoms with E-state index in [2.05, 4.69) is 9.88 Å². The van der Waals surface area contributed by atoms with Crippen LogP contribution in [-0.4, -0.2) is 27.9 Å². The fourth-order valence-electron chi connectivity index (χ4n) is 3.08. The van der Waals surface area contributed by atoms with Gasteiger partial charge in [0, 0.05) is 16.8 Å². The van der Waals surface area contributed by atoms with Gasteiger partial charge in [-0.2, -0.15) is 13.2 Å². The van der Waals surface area contributed by atoms with Gasteiger partial charge in [0.1, 0.15) is 11.0 Å². The number of alkyl halides is 3. The van der Waals surface area contributed by atoms with Gasteiger partial charge in [-0.1, -0.05) is 16.8 Å². The van der Waals surface area contributed by atoms with Crippen molar-refractivity contribution in [2.75, 3.05) is 11.0 Å². The zero-order valence-corrected chi connectivity index (χ0v) is 15.5. The summed E-state index contributed by atoms with van der Waals surface area (Å²) in [6, 6.07) is 3.32. The first-order valence-corrected chi connectivity index (χ1v) is 10.0. The van der Waals surface area contributed by atoms with Crippen LogP contribution < -0.4 is 4.72 Å². The standard InChI is InChI=1S/C16H18ClF3N2O3S/c1-26(23)22-15-12-7-13(17)9(6-14(12)25-21-15)8-24-11-4-2-10(3-5-11)16(18,19)20/h6-7,10-11H,2-5,8H2,1H3,(H,21,22). The molecule has 1 unspecified atom stereocenters. The van der Waals surface area contributed by atoms with Gasteiger partial charge in [0.05, 0.1) is 24.0 Å². The van der Waals surface area contributed by atoms with Crippen molar-refractivity contribution in [3.05, 3.63) is 22.7 Å². The molecule has 2 aromatic rings. The molecule has 1 saturated carbocycles. The van der Waals surface area contributed by atoms with Crippen molar-refractivity contribution in [3.8, 4) is 0 Å². The molecule has 0 aliphatic heterocycles. The van der Waals surface area contributed by atoms with E-state index in [-0.39, 0.29) is 25.6 Å². The highest BCUT2D eigenvalue weighted by molar-refractivity contribution is 7.85. The van der Waals surface area contributed by atoms with E-state index in [1.165, 1.54) is 6.26 Å². The second-order valence-electron chi connectivity index (χ2n) is 6.35. The largest absolute Gasteiger partial charge is 0.391 e. The fraction of sp³-hybridized carbons (Fsp3) is 0.562. The van der Waals surface area contributed by atoms with Gasteiger partial charge in [0.25, 0.3) is 0 Å². The molecule has 0 radical (unpaired) electrons. The normalized spacial score (nSPS) is 22.5. The highest BCUT2D eigenvalue weighted by atomic mass is 35.5. The van der Waals surface area contributed by atoms with Crippen LogP contribution in [0.3, 0.4) is 0 Å². The monoisotopic (exact) mass is 410 g/mol. The molecular weight excluding hydrogens is 393 g/mol. The number of hydrogen-bond acceptors (Lipinski definition) is 4. The summed E-state index contributed by atoms with van der Waals surface area (Å²) < 4.78 is 63.0. The quantitative estimate of drug-likeness (QED) is 0.767. The number of rotatable bonds is 5. The third-order valence-electron chi connectivity index (χ3n) is 4.49. The number of anilines is 1. The molecule has 26 heavy (non-hydrogen) atoms. The highest BCUT2D eigenvalue weighted by Crippen LogP contribution is 2.38. The van der Waals surface area contributed by atoms with Crippen molar-refractivity contribution in [3.63, 3.8) is 0 Å². The first-order valence-electron chi connectivity index (χ1n) is 8.10. The van der Waals surface area contributed by atoms with Gasteiger partial charge in [0.2, 0.25) is 0 Å². The molecule has 1 aromatic heterocycles. The molecule has 144 valence electrons. The Balaban J connectivity index is 1.63. The molecule has 0 bridgehead atoms. The Hall–Kier alpha value is -1.32. The summed E-state index contributed by atoms with van der Waals surface area (Å²) in [5.41, 5.74) is 1.12. The molecule has 1 aliphatic rings. The number of aromatic nitrogens is 1. The number of hydrogen-bond donors (Lipinski definition) is 1. The van der Waals surface area contributed by atoms with Gasteiger partial charge < -0.3 is 9.26 Å². The zero-order valence-electron chi connectivity index (χ0n) is 13.9. The van der Waals surface area contributed by atoms with Crippen LogP contribution in [0.5, 0.6) is 0 Å². The Morgan fingerprint density at radius 1 is 1.35 bits per heavy atom. The number of benzene rings is 1. The Morgan fingerprint density at radius 2 is 2.04 bits per heavy atom. The summed E-state index contributed by atoms with van der Waals surface area (Å²) in [4.78, 5) is 0. The van der Waals surface area contributed by atoms with Crippen molar-refractivity contribution in [1.82, 2.24) is 5.16 Å². The minimum Gasteiger partial charge on any atom is -0.373 e. The molecular formula is C16H18ClF3N2O3S. The van der Waals surface area contributed by atoms with Crippen LogP contribution in [0.1, 0.15) is 31.2 Å². The van der Waals surface area contributed by atoms with Crippen LogP contribution in [0.25, 0.3) is 11.0 Å². The number of halogens is 4. The summed E-state index contributed by atoms with van der Waals surface area (Å²) in [5.74, 6) is -0.896. The van der Waals surface area contributed by atoms with E-state index in [0.29, 0.717) is 40.2 Å².